The minimum atomic E-state index is -0.620. The molecule has 0 aliphatic heterocycles. The zero-order valence-electron chi connectivity index (χ0n) is 8.27. The van der Waals surface area contributed by atoms with Crippen LogP contribution in [0.3, 0.4) is 0 Å². The molecule has 0 saturated carbocycles. The lowest BCUT2D eigenvalue weighted by Gasteiger charge is -2.04. The van der Waals surface area contributed by atoms with E-state index in [1.807, 2.05) is 6.07 Å². The van der Waals surface area contributed by atoms with Gasteiger partial charge < -0.3 is 0 Å². The van der Waals surface area contributed by atoms with Crippen LogP contribution in [0.1, 0.15) is 28.4 Å². The molecule has 0 aliphatic carbocycles. The van der Waals surface area contributed by atoms with Crippen LogP contribution in [0.15, 0.2) is 12.1 Å². The third-order valence-corrected chi connectivity index (χ3v) is 2.11. The molecule has 0 aromatic heterocycles. The number of nitro benzene ring substituents is 1. The molecular weight excluding hydrogens is 196 g/mol. The molecule has 1 rings (SSSR count). The van der Waals surface area contributed by atoms with E-state index in [4.69, 9.17) is 5.26 Å². The molecule has 15 heavy (non-hydrogen) atoms. The van der Waals surface area contributed by atoms with Crippen LogP contribution in [0.5, 0.6) is 0 Å². The Morgan fingerprint density at radius 3 is 2.53 bits per heavy atom. The molecule has 0 saturated heterocycles. The highest BCUT2D eigenvalue weighted by atomic mass is 16.6. The van der Waals surface area contributed by atoms with Crippen LogP contribution in [0.4, 0.5) is 5.69 Å². The second kappa shape index (κ2) is 3.88. The molecule has 1 aromatic carbocycles. The lowest BCUT2D eigenvalue weighted by Crippen LogP contribution is -2.04. The Hall–Kier alpha value is -2.22. The van der Waals surface area contributed by atoms with Crippen molar-refractivity contribution >= 4 is 11.5 Å². The number of carbonyl (C=O) groups excluding carboxylic acids is 1. The van der Waals surface area contributed by atoms with Crippen LogP contribution in [0, 0.1) is 28.4 Å². The van der Waals surface area contributed by atoms with E-state index in [1.165, 1.54) is 26.0 Å². The molecule has 0 radical (unpaired) electrons. The van der Waals surface area contributed by atoms with Crippen LogP contribution >= 0.6 is 0 Å². The number of benzene rings is 1. The number of hydrogen-bond acceptors (Lipinski definition) is 4. The van der Waals surface area contributed by atoms with Crippen molar-refractivity contribution in [3.63, 3.8) is 0 Å². The average molecular weight is 204 g/mol. The summed E-state index contributed by atoms with van der Waals surface area (Å²) < 4.78 is 0. The third kappa shape index (κ3) is 1.83. The van der Waals surface area contributed by atoms with E-state index in [9.17, 15) is 14.9 Å². The van der Waals surface area contributed by atoms with Crippen LogP contribution in [0.2, 0.25) is 0 Å². The number of ketones is 1. The number of Topliss-reactive ketones (excluding diaryl/α,β-unsaturated/α-hetero) is 1. The maximum Gasteiger partial charge on any atom is 0.280 e. The Labute approximate surface area is 86.1 Å². The summed E-state index contributed by atoms with van der Waals surface area (Å²) in [5.41, 5.74) is 0.406. The van der Waals surface area contributed by atoms with Gasteiger partial charge in [-0.1, -0.05) is 0 Å². The van der Waals surface area contributed by atoms with E-state index in [0.29, 0.717) is 5.56 Å². The molecule has 0 heterocycles. The van der Waals surface area contributed by atoms with Gasteiger partial charge in [-0.05, 0) is 25.5 Å². The first-order valence-electron chi connectivity index (χ1n) is 4.18. The molecule has 0 spiro atoms. The number of nitro groups is 1. The molecule has 0 unspecified atom stereocenters. The average Bonchev–Trinajstić information content (AvgIpc) is 2.16. The van der Waals surface area contributed by atoms with Crippen molar-refractivity contribution in [2.75, 3.05) is 0 Å². The molecule has 0 bridgehead atoms. The molecule has 0 aliphatic rings. The summed E-state index contributed by atoms with van der Waals surface area (Å²) in [6, 6.07) is 4.41. The van der Waals surface area contributed by atoms with E-state index in [0.717, 1.165) is 0 Å². The van der Waals surface area contributed by atoms with E-state index in [-0.39, 0.29) is 16.8 Å². The summed E-state index contributed by atoms with van der Waals surface area (Å²) in [7, 11) is 0. The monoisotopic (exact) mass is 204 g/mol. The van der Waals surface area contributed by atoms with Gasteiger partial charge in [0.05, 0.1) is 22.1 Å². The van der Waals surface area contributed by atoms with Gasteiger partial charge in [0.2, 0.25) is 0 Å². The number of rotatable bonds is 2. The number of nitrogens with zero attached hydrogens (tertiary/aromatic N) is 2. The minimum absolute atomic E-state index is 0.0130. The predicted molar refractivity (Wildman–Crippen MR) is 52.6 cm³/mol. The summed E-state index contributed by atoms with van der Waals surface area (Å²) in [6.07, 6.45) is 0. The first-order valence-corrected chi connectivity index (χ1v) is 4.18. The van der Waals surface area contributed by atoms with Gasteiger partial charge in [-0.15, -0.1) is 0 Å². The van der Waals surface area contributed by atoms with Gasteiger partial charge in [0, 0.05) is 6.07 Å². The van der Waals surface area contributed by atoms with Gasteiger partial charge in [0.15, 0.2) is 5.78 Å². The Morgan fingerprint density at radius 2 is 2.13 bits per heavy atom. The molecule has 0 fully saturated rings. The quantitative estimate of drug-likeness (QED) is 0.418. The van der Waals surface area contributed by atoms with Crippen molar-refractivity contribution in [3.05, 3.63) is 38.9 Å². The summed E-state index contributed by atoms with van der Waals surface area (Å²) in [6.45, 7) is 2.78. The summed E-state index contributed by atoms with van der Waals surface area (Å²) in [5.74, 6) is -0.406. The molecule has 76 valence electrons. The highest BCUT2D eigenvalue weighted by Crippen LogP contribution is 2.24. The maximum absolute atomic E-state index is 11.2. The topological polar surface area (TPSA) is 84.0 Å². The largest absolute Gasteiger partial charge is 0.294 e. The highest BCUT2D eigenvalue weighted by molar-refractivity contribution is 6.00. The lowest BCUT2D eigenvalue weighted by molar-refractivity contribution is -0.385. The number of hydrogen-bond donors (Lipinski definition) is 0. The van der Waals surface area contributed by atoms with E-state index in [1.54, 1.807) is 0 Å². The molecule has 0 atom stereocenters. The first-order chi connectivity index (χ1) is 6.99. The van der Waals surface area contributed by atoms with Crippen LogP contribution in [-0.2, 0) is 0 Å². The van der Waals surface area contributed by atoms with Gasteiger partial charge in [-0.2, -0.15) is 5.26 Å². The Balaban J connectivity index is 3.60. The molecule has 5 nitrogen and oxygen atoms in total. The number of carbonyl (C=O) groups is 1. The maximum atomic E-state index is 11.2. The Kier molecular flexibility index (Phi) is 2.81. The lowest BCUT2D eigenvalue weighted by atomic mass is 9.98. The van der Waals surface area contributed by atoms with Gasteiger partial charge in [0.1, 0.15) is 0 Å². The van der Waals surface area contributed by atoms with Crippen molar-refractivity contribution in [3.8, 4) is 6.07 Å². The Bertz CT molecular complexity index is 486. The van der Waals surface area contributed by atoms with Gasteiger partial charge in [-0.25, -0.2) is 0 Å². The zero-order chi connectivity index (χ0) is 11.6. The van der Waals surface area contributed by atoms with E-state index < -0.39 is 10.7 Å². The molecule has 0 N–H and O–H groups in total. The van der Waals surface area contributed by atoms with Crippen molar-refractivity contribution in [2.24, 2.45) is 0 Å². The van der Waals surface area contributed by atoms with Gasteiger partial charge in [0.25, 0.3) is 5.69 Å². The van der Waals surface area contributed by atoms with E-state index in [2.05, 4.69) is 0 Å². The smallest absolute Gasteiger partial charge is 0.280 e. The summed E-state index contributed by atoms with van der Waals surface area (Å²) in [5, 5.41) is 19.4. The van der Waals surface area contributed by atoms with Crippen molar-refractivity contribution in [2.45, 2.75) is 13.8 Å². The van der Waals surface area contributed by atoms with Gasteiger partial charge in [-0.3, -0.25) is 14.9 Å². The van der Waals surface area contributed by atoms with Crippen LogP contribution < -0.4 is 0 Å². The standard InChI is InChI=1S/C10H8N2O3/c1-6-8(5-11)3-4-9(12(14)15)10(6)7(2)13/h3-4H,1-2H3. The van der Waals surface area contributed by atoms with E-state index >= 15 is 0 Å². The van der Waals surface area contributed by atoms with Crippen molar-refractivity contribution < 1.29 is 9.72 Å². The fraction of sp³-hybridized carbons (Fsp3) is 0.200. The molecular formula is C10H8N2O3. The predicted octanol–water partition coefficient (Wildman–Crippen LogP) is 1.98. The van der Waals surface area contributed by atoms with Crippen LogP contribution in [-0.4, -0.2) is 10.7 Å². The first kappa shape index (κ1) is 10.9. The molecule has 5 heteroatoms. The number of nitriles is 1. The summed E-state index contributed by atoms with van der Waals surface area (Å²) >= 11 is 0. The Morgan fingerprint density at radius 1 is 1.53 bits per heavy atom. The SMILES string of the molecule is CC(=O)c1c([N+](=O)[O-])ccc(C#N)c1C. The fourth-order valence-electron chi connectivity index (χ4n) is 1.42. The van der Waals surface area contributed by atoms with Crippen molar-refractivity contribution in [1.82, 2.24) is 0 Å². The molecule has 0 amide bonds. The van der Waals surface area contributed by atoms with Crippen LogP contribution in [0.25, 0.3) is 0 Å². The minimum Gasteiger partial charge on any atom is -0.294 e. The van der Waals surface area contributed by atoms with Crippen molar-refractivity contribution in [1.29, 1.82) is 5.26 Å². The fourth-order valence-corrected chi connectivity index (χ4v) is 1.42. The zero-order valence-corrected chi connectivity index (χ0v) is 8.27. The van der Waals surface area contributed by atoms with Gasteiger partial charge >= 0.3 is 0 Å². The third-order valence-electron chi connectivity index (χ3n) is 2.11. The second-order valence-corrected chi connectivity index (χ2v) is 3.06. The normalized spacial score (nSPS) is 9.40. The highest BCUT2D eigenvalue weighted by Gasteiger charge is 2.21. The second-order valence-electron chi connectivity index (χ2n) is 3.06. The molecule has 1 aromatic rings. The summed E-state index contributed by atoms with van der Waals surface area (Å²) in [4.78, 5) is 21.3.